The van der Waals surface area contributed by atoms with E-state index in [0.717, 1.165) is 37.9 Å². The van der Waals surface area contributed by atoms with Crippen molar-refractivity contribution in [3.8, 4) is 0 Å². The molecule has 0 unspecified atom stereocenters. The maximum absolute atomic E-state index is 11.9. The molecule has 1 saturated heterocycles. The van der Waals surface area contributed by atoms with Crippen LogP contribution in [-0.4, -0.2) is 31.6 Å². The average molecular weight is 261 g/mol. The molecule has 1 heterocycles. The van der Waals surface area contributed by atoms with Crippen molar-refractivity contribution in [2.75, 3.05) is 19.7 Å². The van der Waals surface area contributed by atoms with Gasteiger partial charge in [0.05, 0.1) is 6.10 Å². The van der Waals surface area contributed by atoms with Gasteiger partial charge in [0, 0.05) is 6.42 Å². The molecule has 0 aromatic heterocycles. The molecule has 1 fully saturated rings. The molecule has 1 N–H and O–H groups in total. The summed E-state index contributed by atoms with van der Waals surface area (Å²) in [6.07, 6.45) is 3.80. The summed E-state index contributed by atoms with van der Waals surface area (Å²) in [7, 11) is 0. The molecule has 0 bridgehead atoms. The third-order valence-corrected chi connectivity index (χ3v) is 3.60. The van der Waals surface area contributed by atoms with Crippen molar-refractivity contribution in [1.29, 1.82) is 0 Å². The van der Waals surface area contributed by atoms with E-state index in [-0.39, 0.29) is 18.5 Å². The normalized spacial score (nSPS) is 16.5. The maximum Gasteiger partial charge on any atom is 0.162 e. The Morgan fingerprint density at radius 3 is 2.47 bits per heavy atom. The molecule has 1 aromatic carbocycles. The summed E-state index contributed by atoms with van der Waals surface area (Å²) in [5, 5.41) is 3.29. The van der Waals surface area contributed by atoms with Gasteiger partial charge in [0.2, 0.25) is 0 Å². The fraction of sp³-hybridized carbons (Fsp3) is 0.562. The van der Waals surface area contributed by atoms with Gasteiger partial charge in [-0.05, 0) is 43.5 Å². The van der Waals surface area contributed by atoms with Crippen LogP contribution >= 0.6 is 0 Å². The van der Waals surface area contributed by atoms with Crippen LogP contribution in [0.5, 0.6) is 0 Å². The summed E-state index contributed by atoms with van der Waals surface area (Å²) < 4.78 is 5.67. The number of hydrogen-bond acceptors (Lipinski definition) is 3. The third kappa shape index (κ3) is 4.77. The van der Waals surface area contributed by atoms with Crippen molar-refractivity contribution in [3.63, 3.8) is 0 Å². The van der Waals surface area contributed by atoms with Crippen LogP contribution in [0.2, 0.25) is 0 Å². The summed E-state index contributed by atoms with van der Waals surface area (Å²) in [5.74, 6) is 0.169. The number of hydrogen-bond donors (Lipinski definition) is 1. The van der Waals surface area contributed by atoms with Crippen molar-refractivity contribution < 1.29 is 9.53 Å². The molecule has 1 aliphatic heterocycles. The van der Waals surface area contributed by atoms with Gasteiger partial charge in [-0.25, -0.2) is 0 Å². The number of Topliss-reactive ketones (excluding diaryl/α,β-unsaturated/α-hetero) is 1. The number of ketones is 1. The smallest absolute Gasteiger partial charge is 0.162 e. The summed E-state index contributed by atoms with van der Waals surface area (Å²) in [4.78, 5) is 11.9. The van der Waals surface area contributed by atoms with Gasteiger partial charge >= 0.3 is 0 Å². The lowest BCUT2D eigenvalue weighted by molar-refractivity contribution is -0.125. The molecule has 3 nitrogen and oxygen atoms in total. The van der Waals surface area contributed by atoms with Crippen LogP contribution in [0.3, 0.4) is 0 Å². The Morgan fingerprint density at radius 2 is 1.84 bits per heavy atom. The largest absolute Gasteiger partial charge is 0.370 e. The van der Waals surface area contributed by atoms with E-state index in [1.54, 1.807) is 0 Å². The Labute approximate surface area is 115 Å². The van der Waals surface area contributed by atoms with Crippen LogP contribution in [0.1, 0.15) is 30.9 Å². The summed E-state index contributed by atoms with van der Waals surface area (Å²) >= 11 is 0. The second kappa shape index (κ2) is 7.41. The molecule has 2 rings (SSSR count). The molecule has 0 saturated carbocycles. The van der Waals surface area contributed by atoms with Gasteiger partial charge in [0.25, 0.3) is 0 Å². The summed E-state index contributed by atoms with van der Waals surface area (Å²) in [6.45, 7) is 4.38. The Bertz CT molecular complexity index is 394. The average Bonchev–Trinajstić information content (AvgIpc) is 2.47. The molecule has 1 aliphatic rings. The first-order valence-electron chi connectivity index (χ1n) is 7.19. The van der Waals surface area contributed by atoms with Gasteiger partial charge in [-0.2, -0.15) is 0 Å². The zero-order chi connectivity index (χ0) is 13.5. The molecular weight excluding hydrogens is 238 g/mol. The zero-order valence-corrected chi connectivity index (χ0v) is 11.7. The van der Waals surface area contributed by atoms with Gasteiger partial charge in [-0.3, -0.25) is 4.79 Å². The zero-order valence-electron chi connectivity index (χ0n) is 11.7. The van der Waals surface area contributed by atoms with Gasteiger partial charge in [0.15, 0.2) is 5.78 Å². The minimum atomic E-state index is 0.169. The van der Waals surface area contributed by atoms with E-state index < -0.39 is 0 Å². The van der Waals surface area contributed by atoms with Crippen LogP contribution < -0.4 is 5.32 Å². The van der Waals surface area contributed by atoms with E-state index in [1.807, 2.05) is 12.1 Å². The van der Waals surface area contributed by atoms with Crippen molar-refractivity contribution in [1.82, 2.24) is 5.32 Å². The standard InChI is InChI=1S/C16H23NO2/c1-2-13-3-5-14(6-4-13)11-15(18)12-19-16-7-9-17-10-8-16/h3-6,16-17H,2,7-12H2,1H3. The first-order valence-corrected chi connectivity index (χ1v) is 7.19. The third-order valence-electron chi connectivity index (χ3n) is 3.60. The fourth-order valence-corrected chi connectivity index (χ4v) is 2.34. The molecular formula is C16H23NO2. The van der Waals surface area contributed by atoms with Gasteiger partial charge in [-0.1, -0.05) is 31.2 Å². The van der Waals surface area contributed by atoms with Crippen molar-refractivity contribution in [2.45, 2.75) is 38.7 Å². The lowest BCUT2D eigenvalue weighted by atomic mass is 10.1. The van der Waals surface area contributed by atoms with Crippen LogP contribution in [0.25, 0.3) is 0 Å². The topological polar surface area (TPSA) is 38.3 Å². The van der Waals surface area contributed by atoms with Crippen LogP contribution in [0, 0.1) is 0 Å². The number of nitrogens with one attached hydrogen (secondary N) is 1. The van der Waals surface area contributed by atoms with E-state index in [2.05, 4.69) is 24.4 Å². The Balaban J connectivity index is 1.73. The number of ether oxygens (including phenoxy) is 1. The van der Waals surface area contributed by atoms with Gasteiger partial charge in [-0.15, -0.1) is 0 Å². The fourth-order valence-electron chi connectivity index (χ4n) is 2.34. The number of aryl methyl sites for hydroxylation is 1. The molecule has 0 amide bonds. The molecule has 1 aromatic rings. The Morgan fingerprint density at radius 1 is 1.21 bits per heavy atom. The Kier molecular flexibility index (Phi) is 5.55. The van der Waals surface area contributed by atoms with Crippen molar-refractivity contribution in [3.05, 3.63) is 35.4 Å². The van der Waals surface area contributed by atoms with E-state index in [1.165, 1.54) is 5.56 Å². The molecule has 0 aliphatic carbocycles. The highest BCUT2D eigenvalue weighted by Gasteiger charge is 2.14. The predicted octanol–water partition coefficient (Wildman–Crippen LogP) is 2.13. The highest BCUT2D eigenvalue weighted by molar-refractivity contribution is 5.82. The maximum atomic E-state index is 11.9. The molecule has 0 radical (unpaired) electrons. The highest BCUT2D eigenvalue weighted by atomic mass is 16.5. The number of carbonyl (C=O) groups excluding carboxylic acids is 1. The second-order valence-corrected chi connectivity index (χ2v) is 5.15. The van der Waals surface area contributed by atoms with E-state index >= 15 is 0 Å². The predicted molar refractivity (Wildman–Crippen MR) is 76.4 cm³/mol. The van der Waals surface area contributed by atoms with Crippen LogP contribution in [-0.2, 0) is 22.4 Å². The van der Waals surface area contributed by atoms with Crippen LogP contribution in [0.15, 0.2) is 24.3 Å². The molecule has 0 atom stereocenters. The quantitative estimate of drug-likeness (QED) is 0.852. The van der Waals surface area contributed by atoms with E-state index in [4.69, 9.17) is 4.74 Å². The molecule has 104 valence electrons. The number of piperidine rings is 1. The lowest BCUT2D eigenvalue weighted by Crippen LogP contribution is -2.33. The highest BCUT2D eigenvalue weighted by Crippen LogP contribution is 2.09. The second-order valence-electron chi connectivity index (χ2n) is 5.15. The summed E-state index contributed by atoms with van der Waals surface area (Å²) in [5.41, 5.74) is 2.39. The number of carbonyl (C=O) groups is 1. The number of benzene rings is 1. The van der Waals surface area contributed by atoms with Gasteiger partial charge in [0.1, 0.15) is 6.61 Å². The number of rotatable bonds is 6. The Hall–Kier alpha value is -1.19. The molecule has 19 heavy (non-hydrogen) atoms. The first kappa shape index (κ1) is 14.2. The summed E-state index contributed by atoms with van der Waals surface area (Å²) in [6, 6.07) is 8.27. The van der Waals surface area contributed by atoms with E-state index in [0.29, 0.717) is 6.42 Å². The van der Waals surface area contributed by atoms with Gasteiger partial charge < -0.3 is 10.1 Å². The molecule has 0 spiro atoms. The van der Waals surface area contributed by atoms with Crippen molar-refractivity contribution in [2.24, 2.45) is 0 Å². The first-order chi connectivity index (χ1) is 9.28. The lowest BCUT2D eigenvalue weighted by Gasteiger charge is -2.22. The SMILES string of the molecule is CCc1ccc(CC(=O)COC2CCNCC2)cc1. The minimum Gasteiger partial charge on any atom is -0.370 e. The minimum absolute atomic E-state index is 0.169. The monoisotopic (exact) mass is 261 g/mol. The molecule has 3 heteroatoms. The van der Waals surface area contributed by atoms with E-state index in [9.17, 15) is 4.79 Å². The van der Waals surface area contributed by atoms with Crippen LogP contribution in [0.4, 0.5) is 0 Å². The van der Waals surface area contributed by atoms with Crippen molar-refractivity contribution >= 4 is 5.78 Å².